The van der Waals surface area contributed by atoms with E-state index < -0.39 is 23.9 Å². The third-order valence-electron chi connectivity index (χ3n) is 5.43. The Balaban J connectivity index is 1.57. The van der Waals surface area contributed by atoms with Crippen LogP contribution in [0.4, 0.5) is 13.2 Å². The summed E-state index contributed by atoms with van der Waals surface area (Å²) in [4.78, 5) is 24.6. The molecule has 2 atom stereocenters. The maximum absolute atomic E-state index is 13.5. The van der Waals surface area contributed by atoms with Gasteiger partial charge in [0.1, 0.15) is 16.8 Å². The van der Waals surface area contributed by atoms with Crippen LogP contribution in [0.3, 0.4) is 0 Å². The van der Waals surface area contributed by atoms with Crippen LogP contribution in [0.1, 0.15) is 41.5 Å². The fourth-order valence-corrected chi connectivity index (χ4v) is 3.92. The smallest absolute Gasteiger partial charge is 0.417 e. The van der Waals surface area contributed by atoms with Crippen molar-refractivity contribution in [2.75, 3.05) is 6.54 Å². The van der Waals surface area contributed by atoms with Crippen LogP contribution in [0.2, 0.25) is 5.02 Å². The molecule has 0 aromatic carbocycles. The Kier molecular flexibility index (Phi) is 6.24. The van der Waals surface area contributed by atoms with Gasteiger partial charge in [-0.3, -0.25) is 4.79 Å². The molecule has 4 heterocycles. The molecule has 0 spiro atoms. The van der Waals surface area contributed by atoms with Crippen LogP contribution >= 0.6 is 11.6 Å². The molecule has 174 valence electrons. The zero-order valence-corrected chi connectivity index (χ0v) is 18.5. The Morgan fingerprint density at radius 1 is 1.24 bits per heavy atom. The number of aromatic nitrogens is 5. The van der Waals surface area contributed by atoms with Crippen molar-refractivity contribution in [2.24, 2.45) is 0 Å². The Hall–Kier alpha value is -3.21. The number of carbonyl (C=O) groups excluding carboxylic acids is 1. The van der Waals surface area contributed by atoms with E-state index in [4.69, 9.17) is 16.3 Å². The lowest BCUT2D eigenvalue weighted by Gasteiger charge is -2.39. The van der Waals surface area contributed by atoms with Crippen LogP contribution in [-0.2, 0) is 6.18 Å². The van der Waals surface area contributed by atoms with Crippen molar-refractivity contribution < 1.29 is 22.7 Å². The number of nitrogens with zero attached hydrogens (tertiary/aromatic N) is 6. The average Bonchev–Trinajstić information content (AvgIpc) is 3.30. The van der Waals surface area contributed by atoms with Crippen LogP contribution in [0.15, 0.2) is 36.8 Å². The molecule has 1 aliphatic rings. The maximum Gasteiger partial charge on any atom is 0.417 e. The van der Waals surface area contributed by atoms with E-state index in [-0.39, 0.29) is 22.5 Å². The molecule has 12 heteroatoms. The Labute approximate surface area is 192 Å². The molecule has 0 saturated carbocycles. The highest BCUT2D eigenvalue weighted by Gasteiger charge is 2.36. The normalized spacial score (nSPS) is 18.9. The fourth-order valence-electron chi connectivity index (χ4n) is 3.71. The summed E-state index contributed by atoms with van der Waals surface area (Å²) in [5.74, 6) is -0.427. The molecule has 4 rings (SSSR count). The Morgan fingerprint density at radius 2 is 1.97 bits per heavy atom. The van der Waals surface area contributed by atoms with E-state index in [0.29, 0.717) is 37.0 Å². The van der Waals surface area contributed by atoms with Gasteiger partial charge in [-0.2, -0.15) is 23.4 Å². The zero-order chi connectivity index (χ0) is 23.8. The summed E-state index contributed by atoms with van der Waals surface area (Å²) in [7, 11) is 0. The Bertz CT molecular complexity index is 1160. The molecule has 3 aromatic rings. The molecular weight excluding hydrogens is 461 g/mol. The number of rotatable bonds is 4. The second-order valence-electron chi connectivity index (χ2n) is 7.69. The number of hydrogen-bond donors (Lipinski definition) is 0. The lowest BCUT2D eigenvalue weighted by atomic mass is 9.99. The standard InChI is InChI=1S/C21H20ClF3N6O2/c1-12-5-6-16(31-27-7-8-28-31)18(29-12)20(32)30-9-3-4-17(13(30)2)33-19-15(22)10-14(11-26-19)21(23,24)25/h5-8,10-11,13,17H,3-4,9H2,1-2H3/t13-,17+/m0/s1. The molecule has 0 N–H and O–H groups in total. The van der Waals surface area contributed by atoms with Crippen molar-refractivity contribution in [3.05, 3.63) is 58.8 Å². The molecule has 1 amide bonds. The Morgan fingerprint density at radius 3 is 2.64 bits per heavy atom. The third-order valence-corrected chi connectivity index (χ3v) is 5.70. The minimum Gasteiger partial charge on any atom is -0.471 e. The topological polar surface area (TPSA) is 86.0 Å². The molecule has 0 aliphatic carbocycles. The number of hydrogen-bond acceptors (Lipinski definition) is 6. The van der Waals surface area contributed by atoms with Gasteiger partial charge in [0.25, 0.3) is 5.91 Å². The van der Waals surface area contributed by atoms with E-state index in [1.165, 1.54) is 17.2 Å². The molecule has 8 nitrogen and oxygen atoms in total. The van der Waals surface area contributed by atoms with Crippen LogP contribution < -0.4 is 4.74 Å². The lowest BCUT2D eigenvalue weighted by molar-refractivity contribution is -0.137. The van der Waals surface area contributed by atoms with Gasteiger partial charge in [0.2, 0.25) is 5.88 Å². The number of ether oxygens (including phenoxy) is 1. The van der Waals surface area contributed by atoms with Gasteiger partial charge < -0.3 is 9.64 Å². The molecule has 0 bridgehead atoms. The molecular formula is C21H20ClF3N6O2. The number of alkyl halides is 3. The predicted molar refractivity (Wildman–Crippen MR) is 112 cm³/mol. The summed E-state index contributed by atoms with van der Waals surface area (Å²) in [6.07, 6.45) is -0.180. The van der Waals surface area contributed by atoms with Crippen LogP contribution in [0, 0.1) is 6.92 Å². The number of pyridine rings is 2. The molecule has 1 aliphatic heterocycles. The van der Waals surface area contributed by atoms with Crippen LogP contribution in [-0.4, -0.2) is 54.5 Å². The summed E-state index contributed by atoms with van der Waals surface area (Å²) < 4.78 is 44.5. The quantitative estimate of drug-likeness (QED) is 0.558. The average molecular weight is 481 g/mol. The molecule has 33 heavy (non-hydrogen) atoms. The number of aryl methyl sites for hydroxylation is 1. The molecule has 0 unspecified atom stereocenters. The summed E-state index contributed by atoms with van der Waals surface area (Å²) in [5.41, 5.74) is 0.341. The van der Waals surface area contributed by atoms with E-state index in [2.05, 4.69) is 20.2 Å². The van der Waals surface area contributed by atoms with Crippen LogP contribution in [0.25, 0.3) is 5.69 Å². The van der Waals surface area contributed by atoms with Crippen molar-refractivity contribution in [3.8, 4) is 11.6 Å². The zero-order valence-electron chi connectivity index (χ0n) is 17.8. The largest absolute Gasteiger partial charge is 0.471 e. The van der Waals surface area contributed by atoms with Crippen molar-refractivity contribution in [3.63, 3.8) is 0 Å². The lowest BCUT2D eigenvalue weighted by Crippen LogP contribution is -2.51. The highest BCUT2D eigenvalue weighted by atomic mass is 35.5. The number of piperidine rings is 1. The number of likely N-dealkylation sites (tertiary alicyclic amines) is 1. The van der Waals surface area contributed by atoms with Gasteiger partial charge in [-0.1, -0.05) is 11.6 Å². The first kappa shape index (κ1) is 23.0. The van der Waals surface area contributed by atoms with Crippen molar-refractivity contribution in [1.82, 2.24) is 29.9 Å². The minimum atomic E-state index is -4.56. The molecule has 0 radical (unpaired) electrons. The van der Waals surface area contributed by atoms with Crippen LogP contribution in [0.5, 0.6) is 5.88 Å². The highest BCUT2D eigenvalue weighted by Crippen LogP contribution is 2.34. The van der Waals surface area contributed by atoms with E-state index in [0.717, 1.165) is 6.07 Å². The fraction of sp³-hybridized carbons (Fsp3) is 0.381. The third kappa shape index (κ3) is 4.77. The molecule has 1 saturated heterocycles. The van der Waals surface area contributed by atoms with Gasteiger partial charge in [-0.25, -0.2) is 9.97 Å². The second-order valence-corrected chi connectivity index (χ2v) is 8.09. The first-order valence-corrected chi connectivity index (χ1v) is 10.6. The summed E-state index contributed by atoms with van der Waals surface area (Å²) in [6.45, 7) is 4.05. The predicted octanol–water partition coefficient (Wildman–Crippen LogP) is 4.11. The number of carbonyl (C=O) groups is 1. The number of halogens is 4. The van der Waals surface area contributed by atoms with Gasteiger partial charge in [-0.15, -0.1) is 4.80 Å². The van der Waals surface area contributed by atoms with Crippen molar-refractivity contribution >= 4 is 17.5 Å². The first-order valence-electron chi connectivity index (χ1n) is 10.2. The monoisotopic (exact) mass is 480 g/mol. The van der Waals surface area contributed by atoms with Gasteiger partial charge in [0.05, 0.1) is 24.0 Å². The summed E-state index contributed by atoms with van der Waals surface area (Å²) in [6, 6.07) is 3.86. The summed E-state index contributed by atoms with van der Waals surface area (Å²) >= 11 is 6.00. The maximum atomic E-state index is 13.5. The van der Waals surface area contributed by atoms with Gasteiger partial charge >= 0.3 is 6.18 Å². The van der Waals surface area contributed by atoms with Crippen molar-refractivity contribution in [1.29, 1.82) is 0 Å². The summed E-state index contributed by atoms with van der Waals surface area (Å²) in [5, 5.41) is 7.95. The van der Waals surface area contributed by atoms with Crippen molar-refractivity contribution in [2.45, 2.75) is 45.0 Å². The van der Waals surface area contributed by atoms with E-state index >= 15 is 0 Å². The highest BCUT2D eigenvalue weighted by molar-refractivity contribution is 6.31. The van der Waals surface area contributed by atoms with Gasteiger partial charge in [-0.05, 0) is 44.9 Å². The van der Waals surface area contributed by atoms with E-state index in [9.17, 15) is 18.0 Å². The van der Waals surface area contributed by atoms with E-state index in [1.807, 2.05) is 0 Å². The molecule has 3 aromatic heterocycles. The molecule has 1 fully saturated rings. The second kappa shape index (κ2) is 8.97. The minimum absolute atomic E-state index is 0.106. The van der Waals surface area contributed by atoms with Gasteiger partial charge in [0.15, 0.2) is 5.69 Å². The first-order chi connectivity index (χ1) is 15.6. The van der Waals surface area contributed by atoms with E-state index in [1.54, 1.807) is 30.9 Å². The SMILES string of the molecule is Cc1ccc(-n2nccn2)c(C(=O)N2CCC[C@@H](Oc3ncc(C(F)(F)F)cc3Cl)[C@@H]2C)n1. The van der Waals surface area contributed by atoms with Gasteiger partial charge in [0, 0.05) is 18.4 Å². The number of amides is 1.